The van der Waals surface area contributed by atoms with E-state index in [-0.39, 0.29) is 105 Å². The van der Waals surface area contributed by atoms with Gasteiger partial charge in [-0.3, -0.25) is 0 Å². The van der Waals surface area contributed by atoms with E-state index < -0.39 is 0 Å². The van der Waals surface area contributed by atoms with Crippen LogP contribution in [0.25, 0.3) is 0 Å². The van der Waals surface area contributed by atoms with Crippen molar-refractivity contribution >= 4 is 75.5 Å². The van der Waals surface area contributed by atoms with Crippen LogP contribution in [-0.2, 0) is 0 Å². The van der Waals surface area contributed by atoms with Gasteiger partial charge in [-0.25, -0.2) is 0 Å². The SMILES string of the molecule is C.O.O.O.O.[CaH2].[CaH2]. The van der Waals surface area contributed by atoms with Gasteiger partial charge in [-0.1, -0.05) is 7.43 Å². The molecule has 0 aliphatic heterocycles. The fourth-order valence-corrected chi connectivity index (χ4v) is 0. The first kappa shape index (κ1) is 117. The Kier molecular flexibility index (Phi) is 1360. The molecule has 0 spiro atoms. The second kappa shape index (κ2) is 81.3. The normalized spacial score (nSPS) is 0. The first-order chi connectivity index (χ1) is 0. The van der Waals surface area contributed by atoms with Crippen LogP contribution in [0.3, 0.4) is 0 Å². The molecule has 0 atom stereocenters. The van der Waals surface area contributed by atoms with Crippen molar-refractivity contribution < 1.29 is 21.9 Å². The minimum atomic E-state index is 0. The van der Waals surface area contributed by atoms with E-state index in [0.717, 1.165) is 0 Å². The van der Waals surface area contributed by atoms with Crippen LogP contribution in [-0.4, -0.2) is 97.4 Å². The van der Waals surface area contributed by atoms with Crippen molar-refractivity contribution in [2.75, 3.05) is 0 Å². The molecule has 0 radical (unpaired) electrons. The van der Waals surface area contributed by atoms with E-state index in [1.54, 1.807) is 0 Å². The predicted molar refractivity (Wildman–Crippen MR) is 38.3 cm³/mol. The van der Waals surface area contributed by atoms with Crippen molar-refractivity contribution in [1.29, 1.82) is 0 Å². The average Bonchev–Trinajstić information content (AvgIpc) is 0. The second-order valence-electron chi connectivity index (χ2n) is 0. The Labute approximate surface area is 103 Å². The molecule has 0 fully saturated rings. The van der Waals surface area contributed by atoms with Crippen LogP contribution in [0, 0.1) is 0 Å². The summed E-state index contributed by atoms with van der Waals surface area (Å²) in [6, 6.07) is 0. The molecule has 4 nitrogen and oxygen atoms in total. The van der Waals surface area contributed by atoms with Crippen molar-refractivity contribution in [2.24, 2.45) is 0 Å². The first-order valence-corrected chi connectivity index (χ1v) is 0. The molecule has 0 heterocycles. The third-order valence-corrected chi connectivity index (χ3v) is 0. The summed E-state index contributed by atoms with van der Waals surface area (Å²) in [7, 11) is 0. The van der Waals surface area contributed by atoms with Gasteiger partial charge in [0.05, 0.1) is 0 Å². The van der Waals surface area contributed by atoms with Crippen LogP contribution in [0.15, 0.2) is 0 Å². The van der Waals surface area contributed by atoms with Gasteiger partial charge in [0.1, 0.15) is 0 Å². The van der Waals surface area contributed by atoms with Gasteiger partial charge >= 0.3 is 75.5 Å². The number of hydrogen-bond donors (Lipinski definition) is 0. The Morgan fingerprint density at radius 1 is 0.429 bits per heavy atom. The van der Waals surface area contributed by atoms with Crippen LogP contribution in [0.5, 0.6) is 0 Å². The fraction of sp³-hybridized carbons (Fsp3) is 1.00. The molecule has 0 saturated carbocycles. The van der Waals surface area contributed by atoms with E-state index in [1.807, 2.05) is 0 Å². The number of hydrogen-bond acceptors (Lipinski definition) is 0. The summed E-state index contributed by atoms with van der Waals surface area (Å²) >= 11 is 0. The third kappa shape index (κ3) is 60.7. The summed E-state index contributed by atoms with van der Waals surface area (Å²) in [6.45, 7) is 0. The van der Waals surface area contributed by atoms with Gasteiger partial charge in [-0.2, -0.15) is 0 Å². The van der Waals surface area contributed by atoms with Gasteiger partial charge < -0.3 is 21.9 Å². The topological polar surface area (TPSA) is 126 Å². The minimum absolute atomic E-state index is 0. The summed E-state index contributed by atoms with van der Waals surface area (Å²) < 4.78 is 0. The Hall–Kier alpha value is 2.36. The van der Waals surface area contributed by atoms with Gasteiger partial charge in [0.25, 0.3) is 0 Å². The standard InChI is InChI=1S/CH4.2Ca.4H2O.4H/h1H4;;;4*1H2;;;;. The Balaban J connectivity index is 0. The molecular formula is CH16Ca2O4. The van der Waals surface area contributed by atoms with Crippen molar-refractivity contribution in [3.63, 3.8) is 0 Å². The van der Waals surface area contributed by atoms with E-state index in [4.69, 9.17) is 0 Å². The molecule has 0 aromatic rings. The molecule has 0 unspecified atom stereocenters. The summed E-state index contributed by atoms with van der Waals surface area (Å²) in [5.74, 6) is 0. The molecule has 0 aliphatic carbocycles. The fourth-order valence-electron chi connectivity index (χ4n) is 0. The van der Waals surface area contributed by atoms with Gasteiger partial charge in [-0.15, -0.1) is 0 Å². The van der Waals surface area contributed by atoms with Gasteiger partial charge in [-0.05, 0) is 0 Å². The van der Waals surface area contributed by atoms with Crippen LogP contribution >= 0.6 is 0 Å². The van der Waals surface area contributed by atoms with Crippen molar-refractivity contribution in [1.82, 2.24) is 0 Å². The molecule has 0 amide bonds. The van der Waals surface area contributed by atoms with Gasteiger partial charge in [0.2, 0.25) is 0 Å². The zero-order valence-electron chi connectivity index (χ0n) is 2.00. The molecule has 7 heavy (non-hydrogen) atoms. The Bertz CT molecular complexity index is 9.65. The maximum atomic E-state index is 0. The zero-order chi connectivity index (χ0) is 0. The van der Waals surface area contributed by atoms with E-state index >= 15 is 0 Å². The van der Waals surface area contributed by atoms with Crippen LogP contribution < -0.4 is 0 Å². The third-order valence-electron chi connectivity index (χ3n) is 0. The summed E-state index contributed by atoms with van der Waals surface area (Å²) in [5.41, 5.74) is 0. The molecule has 0 saturated heterocycles. The summed E-state index contributed by atoms with van der Waals surface area (Å²) in [4.78, 5) is 0. The molecule has 0 aromatic heterocycles. The maximum absolute atomic E-state index is 0. The zero-order valence-corrected chi connectivity index (χ0v) is 2.00. The predicted octanol–water partition coefficient (Wildman–Crippen LogP) is -4.50. The molecule has 0 aliphatic rings. The number of rotatable bonds is 0. The quantitative estimate of drug-likeness (QED) is 0.327. The first-order valence-electron chi connectivity index (χ1n) is 0. The molecule has 8 N–H and O–H groups in total. The van der Waals surface area contributed by atoms with Crippen molar-refractivity contribution in [3.8, 4) is 0 Å². The van der Waals surface area contributed by atoms with E-state index in [1.165, 1.54) is 0 Å². The van der Waals surface area contributed by atoms with Crippen molar-refractivity contribution in [3.05, 3.63) is 0 Å². The van der Waals surface area contributed by atoms with Crippen LogP contribution in [0.2, 0.25) is 0 Å². The average molecular weight is 172 g/mol. The van der Waals surface area contributed by atoms with Crippen molar-refractivity contribution in [2.45, 2.75) is 7.43 Å². The molecular weight excluding hydrogens is 156 g/mol. The van der Waals surface area contributed by atoms with Gasteiger partial charge in [0.15, 0.2) is 0 Å². The van der Waals surface area contributed by atoms with E-state index in [9.17, 15) is 0 Å². The Morgan fingerprint density at radius 3 is 0.429 bits per heavy atom. The Morgan fingerprint density at radius 2 is 0.429 bits per heavy atom. The van der Waals surface area contributed by atoms with E-state index in [2.05, 4.69) is 0 Å². The monoisotopic (exact) mass is 172 g/mol. The van der Waals surface area contributed by atoms with Crippen LogP contribution in [0.4, 0.5) is 0 Å². The molecule has 0 bridgehead atoms. The van der Waals surface area contributed by atoms with E-state index in [0.29, 0.717) is 0 Å². The molecule has 0 rings (SSSR count). The summed E-state index contributed by atoms with van der Waals surface area (Å²) in [6.07, 6.45) is 0. The molecule has 48 valence electrons. The molecule has 0 aromatic carbocycles. The second-order valence-corrected chi connectivity index (χ2v) is 0. The van der Waals surface area contributed by atoms with Gasteiger partial charge in [0, 0.05) is 0 Å². The summed E-state index contributed by atoms with van der Waals surface area (Å²) in [5, 5.41) is 0. The van der Waals surface area contributed by atoms with Crippen LogP contribution in [0.1, 0.15) is 7.43 Å². The molecule has 6 heteroatoms.